The van der Waals surface area contributed by atoms with Crippen LogP contribution >= 0.6 is 11.6 Å². The van der Waals surface area contributed by atoms with Crippen LogP contribution in [0.2, 0.25) is 5.02 Å². The average molecular weight is 303 g/mol. The van der Waals surface area contributed by atoms with E-state index in [1.807, 2.05) is 0 Å². The highest BCUT2D eigenvalue weighted by molar-refractivity contribution is 7.89. The lowest BCUT2D eigenvalue weighted by Crippen LogP contribution is -2.27. The topological polar surface area (TPSA) is 72.2 Å². The molecule has 0 radical (unpaired) electrons. The molecule has 0 heterocycles. The molecule has 1 aromatic rings. The molecule has 19 heavy (non-hydrogen) atoms. The zero-order chi connectivity index (χ0) is 13.9. The first-order valence-electron chi connectivity index (χ1n) is 6.54. The predicted octanol–water partition coefficient (Wildman–Crippen LogP) is 2.78. The Balaban J connectivity index is 2.01. The maximum absolute atomic E-state index is 12.2. The molecule has 106 valence electrons. The predicted molar refractivity (Wildman–Crippen MR) is 77.6 cm³/mol. The highest BCUT2D eigenvalue weighted by atomic mass is 35.5. The molecule has 1 aliphatic carbocycles. The molecule has 0 spiro atoms. The Bertz CT molecular complexity index is 519. The fourth-order valence-corrected chi connectivity index (χ4v) is 4.30. The second-order valence-corrected chi connectivity index (χ2v) is 7.11. The van der Waals surface area contributed by atoms with Gasteiger partial charge < -0.3 is 5.73 Å². The number of nitrogens with one attached hydrogen (secondary N) is 1. The minimum atomic E-state index is -3.62. The second kappa shape index (κ2) is 6.11. The molecule has 0 amide bonds. The summed E-state index contributed by atoms with van der Waals surface area (Å²) in [6.45, 7) is 0.442. The quantitative estimate of drug-likeness (QED) is 0.822. The Morgan fingerprint density at radius 1 is 1.32 bits per heavy atom. The van der Waals surface area contributed by atoms with Crippen LogP contribution < -0.4 is 10.5 Å². The maximum atomic E-state index is 12.2. The normalized spacial score (nSPS) is 16.9. The molecular formula is C13H19ClN2O2S. The van der Waals surface area contributed by atoms with Crippen molar-refractivity contribution in [3.8, 4) is 0 Å². The summed E-state index contributed by atoms with van der Waals surface area (Å²) in [5.74, 6) is 0.645. The van der Waals surface area contributed by atoms with Gasteiger partial charge in [0.1, 0.15) is 4.90 Å². The van der Waals surface area contributed by atoms with Crippen molar-refractivity contribution in [1.82, 2.24) is 4.72 Å². The van der Waals surface area contributed by atoms with Gasteiger partial charge in [-0.25, -0.2) is 13.1 Å². The van der Waals surface area contributed by atoms with E-state index in [0.29, 0.717) is 12.5 Å². The molecule has 1 aromatic carbocycles. The molecule has 3 N–H and O–H groups in total. The number of nitrogens with two attached hydrogens (primary N) is 1. The number of sulfonamides is 1. The van der Waals surface area contributed by atoms with E-state index in [4.69, 9.17) is 17.3 Å². The number of anilines is 1. The molecule has 1 fully saturated rings. The third-order valence-corrected chi connectivity index (χ3v) is 5.59. The van der Waals surface area contributed by atoms with Gasteiger partial charge in [-0.1, -0.05) is 43.4 Å². The summed E-state index contributed by atoms with van der Waals surface area (Å²) in [5.41, 5.74) is 5.88. The molecule has 0 aromatic heterocycles. The fourth-order valence-electron chi connectivity index (χ4n) is 2.58. The van der Waals surface area contributed by atoms with Crippen molar-refractivity contribution in [2.45, 2.75) is 37.0 Å². The summed E-state index contributed by atoms with van der Waals surface area (Å²) in [6, 6.07) is 4.70. The molecule has 0 unspecified atom stereocenters. The summed E-state index contributed by atoms with van der Waals surface area (Å²) in [7, 11) is -3.62. The van der Waals surface area contributed by atoms with E-state index < -0.39 is 10.0 Å². The van der Waals surface area contributed by atoms with Crippen LogP contribution in [0.1, 0.15) is 32.1 Å². The average Bonchev–Trinajstić information content (AvgIpc) is 2.81. The first-order chi connectivity index (χ1) is 9.00. The van der Waals surface area contributed by atoms with Crippen LogP contribution in [0.15, 0.2) is 23.1 Å². The van der Waals surface area contributed by atoms with Crippen molar-refractivity contribution in [3.63, 3.8) is 0 Å². The van der Waals surface area contributed by atoms with Gasteiger partial charge in [0.2, 0.25) is 10.0 Å². The van der Waals surface area contributed by atoms with Gasteiger partial charge >= 0.3 is 0 Å². The molecular weight excluding hydrogens is 284 g/mol. The number of halogens is 1. The number of hydrogen-bond donors (Lipinski definition) is 2. The van der Waals surface area contributed by atoms with E-state index in [-0.39, 0.29) is 15.6 Å². The Morgan fingerprint density at radius 2 is 2.00 bits per heavy atom. The molecule has 1 aliphatic rings. The van der Waals surface area contributed by atoms with Gasteiger partial charge in [-0.2, -0.15) is 0 Å². The molecule has 0 saturated heterocycles. The smallest absolute Gasteiger partial charge is 0.244 e. The number of rotatable bonds is 5. The van der Waals surface area contributed by atoms with Crippen LogP contribution in [0.4, 0.5) is 5.69 Å². The summed E-state index contributed by atoms with van der Waals surface area (Å²) in [4.78, 5) is -0.0110. The number of hydrogen-bond acceptors (Lipinski definition) is 3. The third-order valence-electron chi connectivity index (χ3n) is 3.59. The van der Waals surface area contributed by atoms with Gasteiger partial charge in [0.05, 0.1) is 10.7 Å². The molecule has 0 atom stereocenters. The Labute approximate surface area is 119 Å². The first-order valence-corrected chi connectivity index (χ1v) is 8.40. The van der Waals surface area contributed by atoms with Gasteiger partial charge in [-0.15, -0.1) is 0 Å². The summed E-state index contributed by atoms with van der Waals surface area (Å²) in [6.07, 6.45) is 5.80. The van der Waals surface area contributed by atoms with Crippen molar-refractivity contribution in [3.05, 3.63) is 23.2 Å². The minimum Gasteiger partial charge on any atom is -0.398 e. The minimum absolute atomic E-state index is 0.0110. The summed E-state index contributed by atoms with van der Waals surface area (Å²) in [5, 5.41) is 0.161. The largest absolute Gasteiger partial charge is 0.398 e. The van der Waals surface area contributed by atoms with Crippen molar-refractivity contribution in [2.75, 3.05) is 12.3 Å². The molecule has 6 heteroatoms. The van der Waals surface area contributed by atoms with Gasteiger partial charge in [0.15, 0.2) is 0 Å². The van der Waals surface area contributed by atoms with Gasteiger partial charge in [0, 0.05) is 6.54 Å². The summed E-state index contributed by atoms with van der Waals surface area (Å²) >= 11 is 5.92. The fraction of sp³-hybridized carbons (Fsp3) is 0.538. The highest BCUT2D eigenvalue weighted by Crippen LogP contribution is 2.28. The van der Waals surface area contributed by atoms with Crippen molar-refractivity contribution in [1.29, 1.82) is 0 Å². The molecule has 4 nitrogen and oxygen atoms in total. The van der Waals surface area contributed by atoms with E-state index in [2.05, 4.69) is 4.72 Å². The zero-order valence-electron chi connectivity index (χ0n) is 10.7. The van der Waals surface area contributed by atoms with Crippen molar-refractivity contribution < 1.29 is 8.42 Å². The highest BCUT2D eigenvalue weighted by Gasteiger charge is 2.21. The van der Waals surface area contributed by atoms with E-state index in [0.717, 1.165) is 6.42 Å². The van der Waals surface area contributed by atoms with E-state index in [1.54, 1.807) is 6.07 Å². The number of benzene rings is 1. The maximum Gasteiger partial charge on any atom is 0.244 e. The first kappa shape index (κ1) is 14.6. The Morgan fingerprint density at radius 3 is 2.63 bits per heavy atom. The third kappa shape index (κ3) is 3.61. The molecule has 0 bridgehead atoms. The van der Waals surface area contributed by atoms with Crippen LogP contribution in [0.5, 0.6) is 0 Å². The second-order valence-electron chi connectivity index (χ2n) is 5.00. The molecule has 1 saturated carbocycles. The Hall–Kier alpha value is -0.780. The van der Waals surface area contributed by atoms with Crippen LogP contribution in [0.25, 0.3) is 0 Å². The lowest BCUT2D eigenvalue weighted by Gasteiger charge is -2.12. The summed E-state index contributed by atoms with van der Waals surface area (Å²) < 4.78 is 26.9. The van der Waals surface area contributed by atoms with Crippen LogP contribution in [-0.2, 0) is 10.0 Å². The van der Waals surface area contributed by atoms with Crippen molar-refractivity contribution in [2.24, 2.45) is 5.92 Å². The van der Waals surface area contributed by atoms with E-state index >= 15 is 0 Å². The standard InChI is InChI=1S/C13H19ClN2O2S/c14-11-6-3-7-12(15)13(11)19(17,18)16-9-8-10-4-1-2-5-10/h3,6-7,10,16H,1-2,4-5,8-9,15H2. The van der Waals surface area contributed by atoms with Crippen molar-refractivity contribution >= 4 is 27.3 Å². The molecule has 2 rings (SSSR count). The van der Waals surface area contributed by atoms with Gasteiger partial charge in [0.25, 0.3) is 0 Å². The lowest BCUT2D eigenvalue weighted by atomic mass is 10.1. The Kier molecular flexibility index (Phi) is 4.71. The molecule has 0 aliphatic heterocycles. The zero-order valence-corrected chi connectivity index (χ0v) is 12.3. The van der Waals surface area contributed by atoms with E-state index in [9.17, 15) is 8.42 Å². The van der Waals surface area contributed by atoms with Gasteiger partial charge in [-0.05, 0) is 24.5 Å². The van der Waals surface area contributed by atoms with Gasteiger partial charge in [-0.3, -0.25) is 0 Å². The van der Waals surface area contributed by atoms with E-state index in [1.165, 1.54) is 37.8 Å². The van der Waals surface area contributed by atoms with Crippen LogP contribution in [0, 0.1) is 5.92 Å². The lowest BCUT2D eigenvalue weighted by molar-refractivity contribution is 0.496. The van der Waals surface area contributed by atoms with Crippen LogP contribution in [-0.4, -0.2) is 15.0 Å². The monoisotopic (exact) mass is 302 g/mol. The SMILES string of the molecule is Nc1cccc(Cl)c1S(=O)(=O)NCCC1CCCC1. The van der Waals surface area contributed by atoms with Crippen LogP contribution in [0.3, 0.4) is 0 Å². The number of nitrogen functional groups attached to an aromatic ring is 1.